The summed E-state index contributed by atoms with van der Waals surface area (Å²) < 4.78 is 42.7. The van der Waals surface area contributed by atoms with E-state index in [4.69, 9.17) is 5.73 Å². The molecule has 1 aliphatic carbocycles. The van der Waals surface area contributed by atoms with E-state index in [-0.39, 0.29) is 11.8 Å². The van der Waals surface area contributed by atoms with E-state index in [1.165, 1.54) is 12.1 Å². The lowest BCUT2D eigenvalue weighted by molar-refractivity contribution is -0.274. The fourth-order valence-electron chi connectivity index (χ4n) is 2.80. The monoisotopic (exact) mass is 296 g/mol. The van der Waals surface area contributed by atoms with Crippen LogP contribution in [-0.4, -0.2) is 10.9 Å². The molecule has 1 atom stereocenters. The topological polar surface area (TPSA) is 40.2 Å². The average molecular weight is 296 g/mol. The van der Waals surface area contributed by atoms with E-state index in [0.717, 1.165) is 30.5 Å². The second-order valence-corrected chi connectivity index (χ2v) is 5.13. The Morgan fingerprint density at radius 3 is 2.81 bits per heavy atom. The van der Waals surface area contributed by atoms with Crippen LogP contribution in [0.1, 0.15) is 30.1 Å². The largest absolute Gasteiger partial charge is 0.573 e. The molecular weight excluding hydrogens is 281 g/mol. The van der Waals surface area contributed by atoms with Crippen molar-refractivity contribution in [2.75, 3.05) is 0 Å². The molecule has 0 saturated heterocycles. The van der Waals surface area contributed by atoms with Crippen LogP contribution in [-0.2, 0) is 6.42 Å². The van der Waals surface area contributed by atoms with Gasteiger partial charge in [-0.05, 0) is 43.0 Å². The second-order valence-electron chi connectivity index (χ2n) is 5.13. The maximum Gasteiger partial charge on any atom is 0.573 e. The van der Waals surface area contributed by atoms with Crippen molar-refractivity contribution >= 4 is 0 Å². The number of ether oxygens (including phenoxy) is 1. The number of benzene rings is 1. The molecular formula is C15H15F3N2O. The number of aromatic nitrogens is 1. The van der Waals surface area contributed by atoms with Crippen molar-refractivity contribution < 1.29 is 17.9 Å². The minimum atomic E-state index is -4.68. The van der Waals surface area contributed by atoms with Gasteiger partial charge in [0.15, 0.2) is 0 Å². The molecule has 112 valence electrons. The Bertz CT molecular complexity index is 649. The van der Waals surface area contributed by atoms with Gasteiger partial charge in [0, 0.05) is 29.7 Å². The number of hydrogen-bond acceptors (Lipinski definition) is 2. The zero-order chi connectivity index (χ0) is 15.0. The molecule has 3 rings (SSSR count). The smallest absolute Gasteiger partial charge is 0.406 e. The van der Waals surface area contributed by atoms with Gasteiger partial charge < -0.3 is 15.0 Å². The van der Waals surface area contributed by atoms with E-state index in [1.807, 2.05) is 16.8 Å². The van der Waals surface area contributed by atoms with Crippen LogP contribution in [0.25, 0.3) is 5.69 Å². The van der Waals surface area contributed by atoms with Crippen LogP contribution in [0.5, 0.6) is 5.75 Å². The summed E-state index contributed by atoms with van der Waals surface area (Å²) >= 11 is 0. The highest BCUT2D eigenvalue weighted by atomic mass is 19.4. The van der Waals surface area contributed by atoms with Crippen LogP contribution < -0.4 is 10.5 Å². The van der Waals surface area contributed by atoms with Gasteiger partial charge in [0.25, 0.3) is 0 Å². The SMILES string of the molecule is NC1CCCc2c1ccn2-c1cccc(OC(F)(F)F)c1. The molecule has 2 N–H and O–H groups in total. The molecule has 6 heteroatoms. The van der Waals surface area contributed by atoms with Crippen LogP contribution >= 0.6 is 0 Å². The minimum absolute atomic E-state index is 0.00427. The summed E-state index contributed by atoms with van der Waals surface area (Å²) in [6.45, 7) is 0. The fourth-order valence-corrected chi connectivity index (χ4v) is 2.80. The molecule has 1 unspecified atom stereocenters. The van der Waals surface area contributed by atoms with Gasteiger partial charge in [-0.3, -0.25) is 0 Å². The van der Waals surface area contributed by atoms with E-state index in [9.17, 15) is 13.2 Å². The third-order valence-electron chi connectivity index (χ3n) is 3.68. The molecule has 0 spiro atoms. The number of nitrogens with two attached hydrogens (primary N) is 1. The third kappa shape index (κ3) is 2.90. The summed E-state index contributed by atoms with van der Waals surface area (Å²) in [5, 5.41) is 0. The van der Waals surface area contributed by atoms with E-state index in [0.29, 0.717) is 5.69 Å². The highest BCUT2D eigenvalue weighted by molar-refractivity contribution is 5.44. The van der Waals surface area contributed by atoms with Gasteiger partial charge in [0.05, 0.1) is 0 Å². The summed E-state index contributed by atoms with van der Waals surface area (Å²) in [5.74, 6) is -0.220. The molecule has 0 bridgehead atoms. The predicted octanol–water partition coefficient (Wildman–Crippen LogP) is 3.71. The standard InChI is InChI=1S/C15H15F3N2O/c16-15(17,18)21-11-4-1-3-10(9-11)20-8-7-12-13(19)5-2-6-14(12)20/h1,3-4,7-9,13H,2,5-6,19H2. The van der Waals surface area contributed by atoms with Crippen LogP contribution in [0.15, 0.2) is 36.5 Å². The van der Waals surface area contributed by atoms with E-state index >= 15 is 0 Å². The minimum Gasteiger partial charge on any atom is -0.406 e. The van der Waals surface area contributed by atoms with Gasteiger partial charge in [-0.25, -0.2) is 0 Å². The average Bonchev–Trinajstić information content (AvgIpc) is 2.82. The number of nitrogens with zero attached hydrogens (tertiary/aromatic N) is 1. The second kappa shape index (κ2) is 5.11. The first-order valence-corrected chi connectivity index (χ1v) is 6.76. The fraction of sp³-hybridized carbons (Fsp3) is 0.333. The number of rotatable bonds is 2. The lowest BCUT2D eigenvalue weighted by Gasteiger charge is -2.21. The van der Waals surface area contributed by atoms with Crippen molar-refractivity contribution in [1.29, 1.82) is 0 Å². The lowest BCUT2D eigenvalue weighted by atomic mass is 9.93. The molecule has 1 aromatic heterocycles. The van der Waals surface area contributed by atoms with Crippen molar-refractivity contribution in [1.82, 2.24) is 4.57 Å². The van der Waals surface area contributed by atoms with Gasteiger partial charge in [0.1, 0.15) is 5.75 Å². The first-order chi connectivity index (χ1) is 9.94. The third-order valence-corrected chi connectivity index (χ3v) is 3.68. The maximum absolute atomic E-state index is 12.3. The zero-order valence-electron chi connectivity index (χ0n) is 11.2. The Kier molecular flexibility index (Phi) is 3.41. The normalized spacial score (nSPS) is 18.4. The quantitative estimate of drug-likeness (QED) is 0.917. The van der Waals surface area contributed by atoms with Crippen molar-refractivity contribution in [2.24, 2.45) is 5.73 Å². The Hall–Kier alpha value is -1.95. The van der Waals surface area contributed by atoms with Crippen LogP contribution in [0.3, 0.4) is 0 Å². The summed E-state index contributed by atoms with van der Waals surface area (Å²) in [4.78, 5) is 0. The molecule has 3 nitrogen and oxygen atoms in total. The van der Waals surface area contributed by atoms with Crippen molar-refractivity contribution in [3.8, 4) is 11.4 Å². The highest BCUT2D eigenvalue weighted by Gasteiger charge is 2.31. The summed E-state index contributed by atoms with van der Waals surface area (Å²) in [6.07, 6.45) is -0.0365. The summed E-state index contributed by atoms with van der Waals surface area (Å²) in [6, 6.07) is 7.92. The van der Waals surface area contributed by atoms with Gasteiger partial charge in [-0.2, -0.15) is 0 Å². The molecule has 1 aliphatic rings. The van der Waals surface area contributed by atoms with E-state index in [2.05, 4.69) is 4.74 Å². The number of halogens is 3. The molecule has 0 radical (unpaired) electrons. The van der Waals surface area contributed by atoms with Crippen LogP contribution in [0, 0.1) is 0 Å². The number of hydrogen-bond donors (Lipinski definition) is 1. The molecule has 21 heavy (non-hydrogen) atoms. The molecule has 0 saturated carbocycles. The Morgan fingerprint density at radius 1 is 1.24 bits per heavy atom. The van der Waals surface area contributed by atoms with Crippen LogP contribution in [0.2, 0.25) is 0 Å². The van der Waals surface area contributed by atoms with Crippen molar-refractivity contribution in [3.05, 3.63) is 47.8 Å². The number of fused-ring (bicyclic) bond motifs is 1. The van der Waals surface area contributed by atoms with Gasteiger partial charge in [-0.15, -0.1) is 13.2 Å². The maximum atomic E-state index is 12.3. The van der Waals surface area contributed by atoms with Crippen molar-refractivity contribution in [2.45, 2.75) is 31.7 Å². The molecule has 0 aliphatic heterocycles. The summed E-state index contributed by atoms with van der Waals surface area (Å²) in [5.41, 5.74) is 8.85. The first-order valence-electron chi connectivity index (χ1n) is 6.76. The Labute approximate surface area is 120 Å². The highest BCUT2D eigenvalue weighted by Crippen LogP contribution is 2.32. The first kappa shape index (κ1) is 14.0. The van der Waals surface area contributed by atoms with Gasteiger partial charge in [-0.1, -0.05) is 6.07 Å². The predicted molar refractivity (Wildman–Crippen MR) is 72.3 cm³/mol. The van der Waals surface area contributed by atoms with Crippen LogP contribution in [0.4, 0.5) is 13.2 Å². The lowest BCUT2D eigenvalue weighted by Crippen LogP contribution is -2.18. The number of alkyl halides is 3. The Balaban J connectivity index is 1.96. The molecule has 1 heterocycles. The molecule has 0 fully saturated rings. The molecule has 2 aromatic rings. The van der Waals surface area contributed by atoms with E-state index < -0.39 is 6.36 Å². The van der Waals surface area contributed by atoms with Crippen molar-refractivity contribution in [3.63, 3.8) is 0 Å². The molecule has 0 amide bonds. The summed E-state index contributed by atoms with van der Waals surface area (Å²) in [7, 11) is 0. The molecule has 1 aromatic carbocycles. The Morgan fingerprint density at radius 2 is 2.05 bits per heavy atom. The van der Waals surface area contributed by atoms with E-state index in [1.54, 1.807) is 12.1 Å². The zero-order valence-corrected chi connectivity index (χ0v) is 11.2. The van der Waals surface area contributed by atoms with Gasteiger partial charge >= 0.3 is 6.36 Å². The van der Waals surface area contributed by atoms with Gasteiger partial charge in [0.2, 0.25) is 0 Å².